The van der Waals surface area contributed by atoms with Crippen LogP contribution >= 0.6 is 0 Å². The van der Waals surface area contributed by atoms with Gasteiger partial charge in [0, 0.05) is 31.5 Å². The number of fused-ring (bicyclic) bond motifs is 1. The molecule has 0 unspecified atom stereocenters. The first-order chi connectivity index (χ1) is 11.4. The zero-order chi connectivity index (χ0) is 17.3. The first kappa shape index (κ1) is 16.4. The Morgan fingerprint density at radius 2 is 2.08 bits per heavy atom. The number of hydrogen-bond acceptors (Lipinski definition) is 4. The molecule has 0 fully saturated rings. The number of benzene rings is 1. The van der Waals surface area contributed by atoms with Crippen LogP contribution in [0.15, 0.2) is 29.1 Å². The van der Waals surface area contributed by atoms with Crippen molar-refractivity contribution in [2.24, 2.45) is 0 Å². The highest BCUT2D eigenvalue weighted by atomic mass is 16.1. The van der Waals surface area contributed by atoms with Gasteiger partial charge in [-0.1, -0.05) is 39.0 Å². The van der Waals surface area contributed by atoms with Crippen LogP contribution in [-0.2, 0) is 24.9 Å². The second-order valence-electron chi connectivity index (χ2n) is 7.32. The van der Waals surface area contributed by atoms with Crippen LogP contribution in [-0.4, -0.2) is 21.4 Å². The van der Waals surface area contributed by atoms with E-state index in [2.05, 4.69) is 20.9 Å². The van der Waals surface area contributed by atoms with E-state index in [0.29, 0.717) is 18.7 Å². The molecule has 0 aliphatic carbocycles. The predicted molar refractivity (Wildman–Crippen MR) is 92.5 cm³/mol. The van der Waals surface area contributed by atoms with Crippen LogP contribution in [0.3, 0.4) is 0 Å². The third kappa shape index (κ3) is 3.24. The number of nitrogens with zero attached hydrogens (tertiary/aromatic N) is 3. The monoisotopic (exact) mass is 322 g/mol. The van der Waals surface area contributed by atoms with E-state index in [1.165, 1.54) is 0 Å². The summed E-state index contributed by atoms with van der Waals surface area (Å²) in [5, 5.41) is 9.22. The van der Waals surface area contributed by atoms with Crippen molar-refractivity contribution in [2.75, 3.05) is 6.54 Å². The topological polar surface area (TPSA) is 72.8 Å². The Labute approximate surface area is 142 Å². The summed E-state index contributed by atoms with van der Waals surface area (Å²) in [5.74, 6) is 0.745. The molecule has 1 N–H and O–H groups in total. The van der Waals surface area contributed by atoms with E-state index in [0.717, 1.165) is 35.6 Å². The van der Waals surface area contributed by atoms with Gasteiger partial charge in [0.2, 0.25) is 0 Å². The first-order valence-electron chi connectivity index (χ1n) is 8.21. The van der Waals surface area contributed by atoms with Crippen molar-refractivity contribution in [3.8, 4) is 6.07 Å². The predicted octanol–water partition coefficient (Wildman–Crippen LogP) is 2.50. The second-order valence-corrected chi connectivity index (χ2v) is 7.32. The fourth-order valence-electron chi connectivity index (χ4n) is 2.98. The third-order valence-electron chi connectivity index (χ3n) is 4.39. The molecule has 0 spiro atoms. The zero-order valence-corrected chi connectivity index (χ0v) is 14.4. The lowest BCUT2D eigenvalue weighted by atomic mass is 9.95. The largest absolute Gasteiger partial charge is 0.310 e. The number of nitriles is 1. The van der Waals surface area contributed by atoms with Crippen LogP contribution in [0.1, 0.15) is 49.0 Å². The summed E-state index contributed by atoms with van der Waals surface area (Å²) in [6, 6.07) is 9.85. The highest BCUT2D eigenvalue weighted by Gasteiger charge is 2.25. The Kier molecular flexibility index (Phi) is 4.25. The van der Waals surface area contributed by atoms with Crippen LogP contribution in [0.4, 0.5) is 0 Å². The average Bonchev–Trinajstić information content (AvgIpc) is 2.55. The van der Waals surface area contributed by atoms with Crippen LogP contribution in [0.5, 0.6) is 0 Å². The molecule has 1 aliphatic rings. The number of aromatic amines is 1. The van der Waals surface area contributed by atoms with Gasteiger partial charge < -0.3 is 4.98 Å². The molecule has 0 atom stereocenters. The summed E-state index contributed by atoms with van der Waals surface area (Å²) < 4.78 is 0. The Morgan fingerprint density at radius 1 is 1.33 bits per heavy atom. The molecular formula is C19H22N4O. The minimum Gasteiger partial charge on any atom is -0.310 e. The molecule has 2 heterocycles. The van der Waals surface area contributed by atoms with Gasteiger partial charge in [-0.2, -0.15) is 5.26 Å². The smallest absolute Gasteiger partial charge is 0.255 e. The van der Waals surface area contributed by atoms with Gasteiger partial charge in [-0.05, 0) is 11.6 Å². The lowest BCUT2D eigenvalue weighted by Gasteiger charge is -2.29. The van der Waals surface area contributed by atoms with Gasteiger partial charge in [0.05, 0.1) is 22.9 Å². The SMILES string of the molecule is CC(C)(C)c1nc2c(c(=O)[nH]1)CN(Cc1ccccc1C#N)CC2. The molecule has 0 amide bonds. The van der Waals surface area contributed by atoms with Gasteiger partial charge in [0.25, 0.3) is 5.56 Å². The van der Waals surface area contributed by atoms with Crippen molar-refractivity contribution < 1.29 is 0 Å². The number of H-pyrrole nitrogens is 1. The minimum atomic E-state index is -0.170. The molecule has 0 radical (unpaired) electrons. The first-order valence-corrected chi connectivity index (χ1v) is 8.21. The maximum Gasteiger partial charge on any atom is 0.255 e. The van der Waals surface area contributed by atoms with Crippen molar-refractivity contribution in [1.29, 1.82) is 5.26 Å². The Morgan fingerprint density at radius 3 is 2.79 bits per heavy atom. The van der Waals surface area contributed by atoms with Gasteiger partial charge >= 0.3 is 0 Å². The second kappa shape index (κ2) is 6.21. The average molecular weight is 322 g/mol. The number of rotatable bonds is 2. The quantitative estimate of drug-likeness (QED) is 0.922. The van der Waals surface area contributed by atoms with Crippen molar-refractivity contribution in [1.82, 2.24) is 14.9 Å². The number of nitrogens with one attached hydrogen (secondary N) is 1. The molecule has 1 aliphatic heterocycles. The summed E-state index contributed by atoms with van der Waals surface area (Å²) >= 11 is 0. The van der Waals surface area contributed by atoms with Crippen LogP contribution < -0.4 is 5.56 Å². The molecule has 0 bridgehead atoms. The molecule has 0 saturated carbocycles. The van der Waals surface area contributed by atoms with Gasteiger partial charge in [0.1, 0.15) is 5.82 Å². The maximum absolute atomic E-state index is 12.5. The van der Waals surface area contributed by atoms with Crippen molar-refractivity contribution >= 4 is 0 Å². The summed E-state index contributed by atoms with van der Waals surface area (Å²) in [7, 11) is 0. The van der Waals surface area contributed by atoms with Crippen molar-refractivity contribution in [3.63, 3.8) is 0 Å². The number of hydrogen-bond donors (Lipinski definition) is 1. The fraction of sp³-hybridized carbons (Fsp3) is 0.421. The highest BCUT2D eigenvalue weighted by Crippen LogP contribution is 2.21. The van der Waals surface area contributed by atoms with Crippen LogP contribution in [0, 0.1) is 11.3 Å². The van der Waals surface area contributed by atoms with E-state index in [4.69, 9.17) is 0 Å². The van der Waals surface area contributed by atoms with Gasteiger partial charge in [0.15, 0.2) is 0 Å². The fourth-order valence-corrected chi connectivity index (χ4v) is 2.98. The summed E-state index contributed by atoms with van der Waals surface area (Å²) in [6.45, 7) is 8.22. The summed E-state index contributed by atoms with van der Waals surface area (Å²) in [6.07, 6.45) is 0.761. The van der Waals surface area contributed by atoms with Crippen molar-refractivity contribution in [2.45, 2.75) is 45.7 Å². The van der Waals surface area contributed by atoms with E-state index in [1.807, 2.05) is 45.0 Å². The Hall–Kier alpha value is -2.45. The molecule has 5 heteroatoms. The normalized spacial score (nSPS) is 14.9. The standard InChI is InChI=1S/C19H22N4O/c1-19(2,3)18-21-16-8-9-23(12-15(16)17(24)22-18)11-14-7-5-4-6-13(14)10-20/h4-7H,8-9,11-12H2,1-3H3,(H,21,22,24). The Bertz CT molecular complexity index is 855. The van der Waals surface area contributed by atoms with Crippen LogP contribution in [0.2, 0.25) is 0 Å². The maximum atomic E-state index is 12.5. The van der Waals surface area contributed by atoms with Gasteiger partial charge in [-0.3, -0.25) is 9.69 Å². The molecule has 3 rings (SSSR count). The van der Waals surface area contributed by atoms with E-state index in [9.17, 15) is 10.1 Å². The Balaban J connectivity index is 1.85. The molecular weight excluding hydrogens is 300 g/mol. The molecule has 1 aromatic heterocycles. The lowest BCUT2D eigenvalue weighted by Crippen LogP contribution is -2.37. The summed E-state index contributed by atoms with van der Waals surface area (Å²) in [5.41, 5.74) is 3.15. The van der Waals surface area contributed by atoms with E-state index in [1.54, 1.807) is 0 Å². The summed E-state index contributed by atoms with van der Waals surface area (Å²) in [4.78, 5) is 22.3. The molecule has 5 nitrogen and oxygen atoms in total. The lowest BCUT2D eigenvalue weighted by molar-refractivity contribution is 0.240. The van der Waals surface area contributed by atoms with Gasteiger partial charge in [-0.15, -0.1) is 0 Å². The molecule has 1 aromatic carbocycles. The number of aromatic nitrogens is 2. The van der Waals surface area contributed by atoms with Gasteiger partial charge in [-0.25, -0.2) is 4.98 Å². The highest BCUT2D eigenvalue weighted by molar-refractivity contribution is 5.37. The van der Waals surface area contributed by atoms with E-state index >= 15 is 0 Å². The zero-order valence-electron chi connectivity index (χ0n) is 14.4. The molecule has 124 valence electrons. The van der Waals surface area contributed by atoms with Crippen molar-refractivity contribution in [3.05, 3.63) is 62.8 Å². The molecule has 24 heavy (non-hydrogen) atoms. The molecule has 0 saturated heterocycles. The van der Waals surface area contributed by atoms with E-state index < -0.39 is 0 Å². The molecule has 2 aromatic rings. The minimum absolute atomic E-state index is 0.0387. The third-order valence-corrected chi connectivity index (χ3v) is 4.39. The van der Waals surface area contributed by atoms with Crippen LogP contribution in [0.25, 0.3) is 0 Å². The van der Waals surface area contributed by atoms with E-state index in [-0.39, 0.29) is 11.0 Å².